The van der Waals surface area contributed by atoms with E-state index in [1.807, 2.05) is 0 Å². The van der Waals surface area contributed by atoms with Gasteiger partial charge in [0.25, 0.3) is 0 Å². The van der Waals surface area contributed by atoms with Gasteiger partial charge in [-0.15, -0.1) is 0 Å². The number of aliphatic hydroxyl groups excluding tert-OH is 1. The minimum atomic E-state index is -0.899. The van der Waals surface area contributed by atoms with Crippen molar-refractivity contribution in [3.8, 4) is 0 Å². The van der Waals surface area contributed by atoms with Crippen LogP contribution in [0.25, 0.3) is 0 Å². The number of halogens is 4. The summed E-state index contributed by atoms with van der Waals surface area (Å²) in [6.07, 6.45) is -0.733. The summed E-state index contributed by atoms with van der Waals surface area (Å²) in [5.74, 6) is -1.08. The highest BCUT2D eigenvalue weighted by Crippen LogP contribution is 2.26. The molecule has 0 saturated carbocycles. The van der Waals surface area contributed by atoms with Crippen LogP contribution in [-0.2, 0) is 12.8 Å². The van der Waals surface area contributed by atoms with Gasteiger partial charge in [-0.05, 0) is 41.5 Å². The fourth-order valence-corrected chi connectivity index (χ4v) is 2.54. The van der Waals surface area contributed by atoms with Gasteiger partial charge in [0.2, 0.25) is 0 Å². The molecular weight excluding hydrogens is 305 g/mol. The maximum Gasteiger partial charge on any atom is 0.126 e. The fourth-order valence-electron chi connectivity index (χ4n) is 1.99. The van der Waals surface area contributed by atoms with Gasteiger partial charge in [0.1, 0.15) is 11.6 Å². The molecule has 106 valence electrons. The smallest absolute Gasteiger partial charge is 0.126 e. The SMILES string of the molecule is OC(Cc1cc(F)ccc1F)Cc1c(Cl)cccc1Cl. The Kier molecular flexibility index (Phi) is 4.97. The van der Waals surface area contributed by atoms with Gasteiger partial charge in [0.15, 0.2) is 0 Å². The van der Waals surface area contributed by atoms with Gasteiger partial charge in [-0.1, -0.05) is 29.3 Å². The first-order valence-electron chi connectivity index (χ1n) is 6.02. The number of benzene rings is 2. The lowest BCUT2D eigenvalue weighted by Crippen LogP contribution is -2.15. The lowest BCUT2D eigenvalue weighted by atomic mass is 10.0. The van der Waals surface area contributed by atoms with Crippen molar-refractivity contribution in [1.29, 1.82) is 0 Å². The van der Waals surface area contributed by atoms with Gasteiger partial charge >= 0.3 is 0 Å². The molecule has 0 aliphatic carbocycles. The maximum absolute atomic E-state index is 13.5. The summed E-state index contributed by atoms with van der Waals surface area (Å²) < 4.78 is 26.6. The zero-order valence-electron chi connectivity index (χ0n) is 10.4. The average molecular weight is 317 g/mol. The van der Waals surface area contributed by atoms with Crippen LogP contribution in [0.2, 0.25) is 10.0 Å². The standard InChI is InChI=1S/C15H12Cl2F2O/c16-13-2-1-3-14(17)12(13)8-11(20)7-9-6-10(18)4-5-15(9)19/h1-6,11,20H,7-8H2. The molecule has 5 heteroatoms. The molecule has 0 aliphatic heterocycles. The van der Waals surface area contributed by atoms with Crippen LogP contribution in [0.5, 0.6) is 0 Å². The number of hydrogen-bond donors (Lipinski definition) is 1. The first kappa shape index (κ1) is 15.2. The second kappa shape index (κ2) is 6.53. The molecule has 20 heavy (non-hydrogen) atoms. The Morgan fingerprint density at radius 3 is 2.30 bits per heavy atom. The van der Waals surface area contributed by atoms with Gasteiger partial charge in [0, 0.05) is 22.9 Å². The van der Waals surface area contributed by atoms with E-state index in [-0.39, 0.29) is 18.4 Å². The van der Waals surface area contributed by atoms with Crippen LogP contribution in [0, 0.1) is 11.6 Å². The Morgan fingerprint density at radius 2 is 1.65 bits per heavy atom. The number of hydrogen-bond acceptors (Lipinski definition) is 1. The van der Waals surface area contributed by atoms with Crippen molar-refractivity contribution in [1.82, 2.24) is 0 Å². The van der Waals surface area contributed by atoms with E-state index >= 15 is 0 Å². The van der Waals surface area contributed by atoms with Crippen molar-refractivity contribution in [3.63, 3.8) is 0 Å². The Balaban J connectivity index is 2.13. The summed E-state index contributed by atoms with van der Waals surface area (Å²) in [5, 5.41) is 10.9. The van der Waals surface area contributed by atoms with E-state index in [1.54, 1.807) is 18.2 Å². The molecule has 0 saturated heterocycles. The predicted molar refractivity (Wildman–Crippen MR) is 76.2 cm³/mol. The predicted octanol–water partition coefficient (Wildman–Crippen LogP) is 4.42. The summed E-state index contributed by atoms with van der Waals surface area (Å²) >= 11 is 12.0. The third-order valence-electron chi connectivity index (χ3n) is 2.96. The van der Waals surface area contributed by atoms with Crippen LogP contribution in [0.3, 0.4) is 0 Å². The molecule has 0 aliphatic rings. The van der Waals surface area contributed by atoms with Gasteiger partial charge in [-0.3, -0.25) is 0 Å². The first-order valence-corrected chi connectivity index (χ1v) is 6.78. The summed E-state index contributed by atoms with van der Waals surface area (Å²) in [5.41, 5.74) is 0.723. The normalized spacial score (nSPS) is 12.4. The summed E-state index contributed by atoms with van der Waals surface area (Å²) in [7, 11) is 0. The van der Waals surface area contributed by atoms with Crippen molar-refractivity contribution >= 4 is 23.2 Å². The number of rotatable bonds is 4. The molecule has 0 radical (unpaired) electrons. The van der Waals surface area contributed by atoms with Crippen LogP contribution in [0.15, 0.2) is 36.4 Å². The third kappa shape index (κ3) is 3.69. The Morgan fingerprint density at radius 1 is 1.00 bits per heavy atom. The van der Waals surface area contributed by atoms with Gasteiger partial charge in [-0.25, -0.2) is 8.78 Å². The molecule has 2 aromatic carbocycles. The lowest BCUT2D eigenvalue weighted by molar-refractivity contribution is 0.174. The van der Waals surface area contributed by atoms with E-state index < -0.39 is 17.7 Å². The second-order valence-electron chi connectivity index (χ2n) is 4.50. The molecule has 2 aromatic rings. The largest absolute Gasteiger partial charge is 0.392 e. The molecule has 0 spiro atoms. The Bertz CT molecular complexity index is 597. The lowest BCUT2D eigenvalue weighted by Gasteiger charge is -2.13. The molecule has 1 atom stereocenters. The fraction of sp³-hybridized carbons (Fsp3) is 0.200. The second-order valence-corrected chi connectivity index (χ2v) is 5.31. The molecule has 0 aromatic heterocycles. The van der Waals surface area contributed by atoms with Crippen LogP contribution >= 0.6 is 23.2 Å². The van der Waals surface area contributed by atoms with Crippen molar-refractivity contribution < 1.29 is 13.9 Å². The van der Waals surface area contributed by atoms with E-state index in [0.29, 0.717) is 15.6 Å². The molecule has 0 amide bonds. The average Bonchev–Trinajstić information content (AvgIpc) is 2.38. The van der Waals surface area contributed by atoms with Gasteiger partial charge in [0.05, 0.1) is 6.10 Å². The summed E-state index contributed by atoms with van der Waals surface area (Å²) in [6.45, 7) is 0. The van der Waals surface area contributed by atoms with Crippen LogP contribution < -0.4 is 0 Å². The molecule has 1 nitrogen and oxygen atoms in total. The summed E-state index contributed by atoms with van der Waals surface area (Å²) in [6, 6.07) is 8.19. The molecule has 1 unspecified atom stereocenters. The van der Waals surface area contributed by atoms with Gasteiger partial charge < -0.3 is 5.11 Å². The van der Waals surface area contributed by atoms with Crippen LogP contribution in [0.4, 0.5) is 8.78 Å². The first-order chi connectivity index (χ1) is 9.47. The van der Waals surface area contributed by atoms with E-state index in [9.17, 15) is 13.9 Å². The van der Waals surface area contributed by atoms with Crippen molar-refractivity contribution in [2.75, 3.05) is 0 Å². The minimum Gasteiger partial charge on any atom is -0.392 e. The molecule has 0 bridgehead atoms. The monoisotopic (exact) mass is 316 g/mol. The van der Waals surface area contributed by atoms with Crippen molar-refractivity contribution in [3.05, 3.63) is 69.2 Å². The topological polar surface area (TPSA) is 20.2 Å². The molecule has 0 heterocycles. The minimum absolute atomic E-state index is 0.00878. The molecule has 2 rings (SSSR count). The van der Waals surface area contributed by atoms with E-state index in [0.717, 1.165) is 18.2 Å². The van der Waals surface area contributed by atoms with Crippen molar-refractivity contribution in [2.24, 2.45) is 0 Å². The highest BCUT2D eigenvalue weighted by Gasteiger charge is 2.14. The van der Waals surface area contributed by atoms with Crippen LogP contribution in [-0.4, -0.2) is 11.2 Å². The molecular formula is C15H12Cl2F2O. The quantitative estimate of drug-likeness (QED) is 0.885. The zero-order valence-corrected chi connectivity index (χ0v) is 11.9. The van der Waals surface area contributed by atoms with E-state index in [4.69, 9.17) is 23.2 Å². The maximum atomic E-state index is 13.5. The van der Waals surface area contributed by atoms with E-state index in [1.165, 1.54) is 0 Å². The summed E-state index contributed by atoms with van der Waals surface area (Å²) in [4.78, 5) is 0. The highest BCUT2D eigenvalue weighted by atomic mass is 35.5. The Labute approximate surface area is 125 Å². The van der Waals surface area contributed by atoms with Crippen molar-refractivity contribution in [2.45, 2.75) is 18.9 Å². The van der Waals surface area contributed by atoms with Gasteiger partial charge in [-0.2, -0.15) is 0 Å². The van der Waals surface area contributed by atoms with E-state index in [2.05, 4.69) is 0 Å². The highest BCUT2D eigenvalue weighted by molar-refractivity contribution is 6.35. The number of aliphatic hydroxyl groups is 1. The molecule has 0 fully saturated rings. The zero-order chi connectivity index (χ0) is 14.7. The Hall–Kier alpha value is -1.16. The molecule has 1 N–H and O–H groups in total. The third-order valence-corrected chi connectivity index (χ3v) is 3.67. The van der Waals surface area contributed by atoms with Crippen LogP contribution in [0.1, 0.15) is 11.1 Å².